The molecule has 1 aliphatic rings. The van der Waals surface area contributed by atoms with Crippen LogP contribution in [0.5, 0.6) is 0 Å². The molecule has 2 atom stereocenters. The third-order valence-corrected chi connectivity index (χ3v) is 3.16. The zero-order chi connectivity index (χ0) is 8.97. The van der Waals surface area contributed by atoms with Gasteiger partial charge in [-0.05, 0) is 43.6 Å². The monoisotopic (exact) mass is 164 g/mol. The Kier molecular flexibility index (Phi) is 3.58. The molecule has 1 rings (SSSR count). The predicted molar refractivity (Wildman–Crippen MR) is 55.1 cm³/mol. The normalized spacial score (nSPS) is 30.7. The number of allylic oxidation sites excluding steroid dienone is 3. The van der Waals surface area contributed by atoms with Crippen LogP contribution in [0.3, 0.4) is 0 Å². The molecule has 68 valence electrons. The molecule has 1 saturated carbocycles. The van der Waals surface area contributed by atoms with Gasteiger partial charge in [0, 0.05) is 0 Å². The average Bonchev–Trinajstić information content (AvgIpc) is 2.55. The summed E-state index contributed by atoms with van der Waals surface area (Å²) < 4.78 is 0. The topological polar surface area (TPSA) is 0 Å². The second-order valence-corrected chi connectivity index (χ2v) is 3.78. The Morgan fingerprint density at radius 1 is 1.50 bits per heavy atom. The molecule has 0 heterocycles. The first kappa shape index (κ1) is 9.57. The van der Waals surface area contributed by atoms with Crippen LogP contribution in [0.4, 0.5) is 0 Å². The highest BCUT2D eigenvalue weighted by Crippen LogP contribution is 2.37. The van der Waals surface area contributed by atoms with Gasteiger partial charge in [-0.3, -0.25) is 0 Å². The summed E-state index contributed by atoms with van der Waals surface area (Å²) in [4.78, 5) is 0. The number of hydrogen-bond donors (Lipinski definition) is 0. The third kappa shape index (κ3) is 2.00. The van der Waals surface area contributed by atoms with Gasteiger partial charge in [0.25, 0.3) is 0 Å². The molecule has 0 saturated heterocycles. The van der Waals surface area contributed by atoms with E-state index in [-0.39, 0.29) is 0 Å². The lowest BCUT2D eigenvalue weighted by Gasteiger charge is -2.10. The van der Waals surface area contributed by atoms with E-state index in [1.165, 1.54) is 31.3 Å². The van der Waals surface area contributed by atoms with Crippen LogP contribution in [0.15, 0.2) is 24.3 Å². The first-order valence-electron chi connectivity index (χ1n) is 5.10. The highest BCUT2D eigenvalue weighted by atomic mass is 14.3. The van der Waals surface area contributed by atoms with Gasteiger partial charge in [0.1, 0.15) is 0 Å². The van der Waals surface area contributed by atoms with Crippen LogP contribution < -0.4 is 0 Å². The Hall–Kier alpha value is -0.520. The summed E-state index contributed by atoms with van der Waals surface area (Å²) >= 11 is 0. The smallest absolute Gasteiger partial charge is 0.0163 e. The van der Waals surface area contributed by atoms with E-state index in [1.807, 2.05) is 6.08 Å². The van der Waals surface area contributed by atoms with Crippen molar-refractivity contribution in [1.82, 2.24) is 0 Å². The van der Waals surface area contributed by atoms with Crippen molar-refractivity contribution < 1.29 is 0 Å². The van der Waals surface area contributed by atoms with E-state index in [0.717, 1.165) is 11.8 Å². The number of rotatable bonds is 3. The quantitative estimate of drug-likeness (QED) is 0.554. The summed E-state index contributed by atoms with van der Waals surface area (Å²) in [6.45, 7) is 8.28. The van der Waals surface area contributed by atoms with Crippen molar-refractivity contribution in [2.45, 2.75) is 39.5 Å². The lowest BCUT2D eigenvalue weighted by Crippen LogP contribution is -1.97. The predicted octanol–water partition coefficient (Wildman–Crippen LogP) is 3.95. The van der Waals surface area contributed by atoms with E-state index >= 15 is 0 Å². The van der Waals surface area contributed by atoms with Gasteiger partial charge in [-0.1, -0.05) is 32.1 Å². The minimum atomic E-state index is 0.817. The molecule has 1 fully saturated rings. The molecule has 0 nitrogen and oxygen atoms in total. The van der Waals surface area contributed by atoms with Crippen molar-refractivity contribution in [2.75, 3.05) is 0 Å². The third-order valence-electron chi connectivity index (χ3n) is 3.16. The molecule has 0 aromatic rings. The number of hydrogen-bond acceptors (Lipinski definition) is 0. The maximum absolute atomic E-state index is 3.86. The summed E-state index contributed by atoms with van der Waals surface area (Å²) in [6, 6.07) is 0. The molecular formula is C12H20. The van der Waals surface area contributed by atoms with E-state index in [4.69, 9.17) is 0 Å². The molecule has 0 bridgehead atoms. The molecule has 1 aliphatic carbocycles. The standard InChI is InChI=1S/C12H20/c1-4-10-7-8-12(9-10)11(5-2)6-3/h5-6,10,12H,2,4,7-9H2,1,3H3/b11-6+. The van der Waals surface area contributed by atoms with Gasteiger partial charge in [-0.2, -0.15) is 0 Å². The fourth-order valence-corrected chi connectivity index (χ4v) is 2.27. The molecule has 12 heavy (non-hydrogen) atoms. The van der Waals surface area contributed by atoms with Crippen LogP contribution in [-0.2, 0) is 0 Å². The van der Waals surface area contributed by atoms with Gasteiger partial charge < -0.3 is 0 Å². The molecular weight excluding hydrogens is 144 g/mol. The summed E-state index contributed by atoms with van der Waals surface area (Å²) in [5.41, 5.74) is 1.46. The molecule has 0 spiro atoms. The van der Waals surface area contributed by atoms with Crippen LogP contribution in [0.1, 0.15) is 39.5 Å². The summed E-state index contributed by atoms with van der Waals surface area (Å²) in [7, 11) is 0. The zero-order valence-corrected chi connectivity index (χ0v) is 8.34. The fourth-order valence-electron chi connectivity index (χ4n) is 2.27. The van der Waals surface area contributed by atoms with Gasteiger partial charge in [0.15, 0.2) is 0 Å². The molecule has 0 radical (unpaired) electrons. The average molecular weight is 164 g/mol. The van der Waals surface area contributed by atoms with Gasteiger partial charge >= 0.3 is 0 Å². The zero-order valence-electron chi connectivity index (χ0n) is 8.34. The van der Waals surface area contributed by atoms with Crippen LogP contribution in [0.2, 0.25) is 0 Å². The van der Waals surface area contributed by atoms with E-state index < -0.39 is 0 Å². The molecule has 2 unspecified atom stereocenters. The summed E-state index contributed by atoms with van der Waals surface area (Å²) in [5.74, 6) is 1.79. The Morgan fingerprint density at radius 3 is 2.67 bits per heavy atom. The Balaban J connectivity index is 2.50. The lowest BCUT2D eigenvalue weighted by molar-refractivity contribution is 0.511. The maximum atomic E-state index is 3.86. The highest BCUT2D eigenvalue weighted by Gasteiger charge is 2.24. The van der Waals surface area contributed by atoms with Crippen molar-refractivity contribution >= 4 is 0 Å². The molecule has 0 aliphatic heterocycles. The van der Waals surface area contributed by atoms with E-state index in [1.54, 1.807) is 0 Å². The first-order valence-corrected chi connectivity index (χ1v) is 5.10. The Labute approximate surface area is 76.4 Å². The van der Waals surface area contributed by atoms with Crippen LogP contribution >= 0.6 is 0 Å². The first-order chi connectivity index (χ1) is 5.81. The van der Waals surface area contributed by atoms with Crippen molar-refractivity contribution in [3.05, 3.63) is 24.3 Å². The fraction of sp³-hybridized carbons (Fsp3) is 0.667. The van der Waals surface area contributed by atoms with Crippen molar-refractivity contribution in [3.63, 3.8) is 0 Å². The van der Waals surface area contributed by atoms with E-state index in [9.17, 15) is 0 Å². The molecule has 0 aromatic heterocycles. The van der Waals surface area contributed by atoms with Gasteiger partial charge in [-0.15, -0.1) is 0 Å². The molecule has 0 amide bonds. The second kappa shape index (κ2) is 4.49. The lowest BCUT2D eigenvalue weighted by atomic mass is 9.95. The van der Waals surface area contributed by atoms with Gasteiger partial charge in [0.2, 0.25) is 0 Å². The summed E-state index contributed by atoms with van der Waals surface area (Å²) in [6.07, 6.45) is 9.79. The molecule has 0 N–H and O–H groups in total. The van der Waals surface area contributed by atoms with E-state index in [0.29, 0.717) is 0 Å². The Morgan fingerprint density at radius 2 is 2.25 bits per heavy atom. The SMILES string of the molecule is C=C/C(=C\C)C1CCC(CC)C1. The van der Waals surface area contributed by atoms with Crippen molar-refractivity contribution in [1.29, 1.82) is 0 Å². The highest BCUT2D eigenvalue weighted by molar-refractivity contribution is 5.19. The van der Waals surface area contributed by atoms with E-state index in [2.05, 4.69) is 26.5 Å². The van der Waals surface area contributed by atoms with Crippen molar-refractivity contribution in [3.8, 4) is 0 Å². The van der Waals surface area contributed by atoms with Crippen LogP contribution in [0.25, 0.3) is 0 Å². The molecule has 0 heteroatoms. The Bertz CT molecular complexity index is 176. The molecule has 0 aromatic carbocycles. The van der Waals surface area contributed by atoms with Gasteiger partial charge in [-0.25, -0.2) is 0 Å². The minimum Gasteiger partial charge on any atom is -0.0988 e. The van der Waals surface area contributed by atoms with Gasteiger partial charge in [0.05, 0.1) is 0 Å². The van der Waals surface area contributed by atoms with Crippen molar-refractivity contribution in [2.24, 2.45) is 11.8 Å². The van der Waals surface area contributed by atoms with Crippen LogP contribution in [-0.4, -0.2) is 0 Å². The largest absolute Gasteiger partial charge is 0.0988 e. The second-order valence-electron chi connectivity index (χ2n) is 3.78. The van der Waals surface area contributed by atoms with Crippen LogP contribution in [0, 0.1) is 11.8 Å². The summed E-state index contributed by atoms with van der Waals surface area (Å²) in [5, 5.41) is 0. The maximum Gasteiger partial charge on any atom is -0.0163 e. The minimum absolute atomic E-state index is 0.817.